The number of hydrogen-bond acceptors (Lipinski definition) is 2. The smallest absolute Gasteiger partial charge is 0.327 e. The minimum Gasteiger partial charge on any atom is -0.480 e. The summed E-state index contributed by atoms with van der Waals surface area (Å²) in [5.41, 5.74) is 1.12. The van der Waals surface area contributed by atoms with Crippen LogP contribution in [0.25, 0.3) is 10.9 Å². The van der Waals surface area contributed by atoms with Gasteiger partial charge in [-0.2, -0.15) is 0 Å². The van der Waals surface area contributed by atoms with Crippen molar-refractivity contribution >= 4 is 28.5 Å². The first-order valence-electron chi connectivity index (χ1n) is 4.41. The number of hydrogen-bond donors (Lipinski definition) is 1. The summed E-state index contributed by atoms with van der Waals surface area (Å²) in [5.74, 6) is -1.08. The van der Waals surface area contributed by atoms with Gasteiger partial charge in [-0.1, -0.05) is 24.3 Å². The minimum atomic E-state index is -1.09. The molecule has 1 heterocycles. The average Bonchev–Trinajstić information content (AvgIpc) is 2.27. The van der Waals surface area contributed by atoms with E-state index >= 15 is 0 Å². The Morgan fingerprint density at radius 3 is 2.73 bits per heavy atom. The molecule has 4 heteroatoms. The van der Waals surface area contributed by atoms with Crippen LogP contribution < -0.4 is 0 Å². The summed E-state index contributed by atoms with van der Waals surface area (Å²) < 4.78 is 0. The number of aromatic nitrogens is 1. The van der Waals surface area contributed by atoms with Gasteiger partial charge in [0.25, 0.3) is 0 Å². The van der Waals surface area contributed by atoms with Crippen LogP contribution in [0.5, 0.6) is 0 Å². The van der Waals surface area contributed by atoms with Crippen molar-refractivity contribution in [2.45, 2.75) is 5.38 Å². The lowest BCUT2D eigenvalue weighted by Gasteiger charge is -2.04. The zero-order valence-electron chi connectivity index (χ0n) is 7.72. The van der Waals surface area contributed by atoms with E-state index in [0.717, 1.165) is 10.9 Å². The van der Waals surface area contributed by atoms with Crippen LogP contribution in [0, 0.1) is 0 Å². The third kappa shape index (κ3) is 1.92. The fourth-order valence-electron chi connectivity index (χ4n) is 1.35. The van der Waals surface area contributed by atoms with Gasteiger partial charge < -0.3 is 5.11 Å². The molecule has 0 spiro atoms. The first-order valence-corrected chi connectivity index (χ1v) is 4.84. The highest BCUT2D eigenvalue weighted by molar-refractivity contribution is 6.29. The van der Waals surface area contributed by atoms with Crippen molar-refractivity contribution < 1.29 is 9.90 Å². The quantitative estimate of drug-likeness (QED) is 0.793. The first kappa shape index (κ1) is 9.93. The van der Waals surface area contributed by atoms with Gasteiger partial charge in [0.05, 0.1) is 11.2 Å². The molecular formula is C11H8ClNO2. The van der Waals surface area contributed by atoms with Crippen LogP contribution in [0.15, 0.2) is 36.4 Å². The molecule has 76 valence electrons. The zero-order chi connectivity index (χ0) is 10.8. The van der Waals surface area contributed by atoms with Gasteiger partial charge in [0, 0.05) is 5.39 Å². The summed E-state index contributed by atoms with van der Waals surface area (Å²) in [4.78, 5) is 14.8. The van der Waals surface area contributed by atoms with Crippen LogP contribution in [-0.4, -0.2) is 16.1 Å². The molecule has 0 saturated carbocycles. The van der Waals surface area contributed by atoms with E-state index in [1.54, 1.807) is 6.07 Å². The molecule has 1 aromatic heterocycles. The summed E-state index contributed by atoms with van der Waals surface area (Å²) in [6.45, 7) is 0. The number of rotatable bonds is 2. The summed E-state index contributed by atoms with van der Waals surface area (Å²) >= 11 is 5.68. The van der Waals surface area contributed by atoms with Crippen LogP contribution in [0.3, 0.4) is 0 Å². The molecule has 0 amide bonds. The molecule has 0 fully saturated rings. The topological polar surface area (TPSA) is 50.2 Å². The number of benzene rings is 1. The number of aliphatic carboxylic acids is 1. The monoisotopic (exact) mass is 221 g/mol. The molecule has 0 aliphatic carbocycles. The Labute approximate surface area is 91.3 Å². The van der Waals surface area contributed by atoms with Gasteiger partial charge in [-0.25, -0.2) is 0 Å². The molecule has 2 rings (SSSR count). The molecule has 1 unspecified atom stereocenters. The molecule has 1 N–H and O–H groups in total. The number of para-hydroxylation sites is 1. The van der Waals surface area contributed by atoms with Crippen molar-refractivity contribution in [1.82, 2.24) is 4.98 Å². The molecule has 3 nitrogen and oxygen atoms in total. The highest BCUT2D eigenvalue weighted by atomic mass is 35.5. The van der Waals surface area contributed by atoms with Crippen molar-refractivity contribution in [2.75, 3.05) is 0 Å². The van der Waals surface area contributed by atoms with Crippen molar-refractivity contribution in [3.05, 3.63) is 42.1 Å². The third-order valence-corrected chi connectivity index (χ3v) is 2.51. The Hall–Kier alpha value is -1.61. The van der Waals surface area contributed by atoms with Gasteiger partial charge in [-0.15, -0.1) is 11.6 Å². The molecule has 2 aromatic rings. The van der Waals surface area contributed by atoms with E-state index in [2.05, 4.69) is 4.98 Å². The average molecular weight is 222 g/mol. The second-order valence-corrected chi connectivity index (χ2v) is 3.57. The number of nitrogens with zero attached hydrogens (tertiary/aromatic N) is 1. The molecule has 0 aliphatic heterocycles. The maximum absolute atomic E-state index is 10.7. The maximum Gasteiger partial charge on any atom is 0.327 e. The van der Waals surface area contributed by atoms with Crippen LogP contribution in [-0.2, 0) is 4.79 Å². The first-order chi connectivity index (χ1) is 7.18. The Balaban J connectivity index is 2.51. The van der Waals surface area contributed by atoms with Gasteiger partial charge >= 0.3 is 5.97 Å². The number of carboxylic acid groups (broad SMARTS) is 1. The van der Waals surface area contributed by atoms with Gasteiger partial charge in [0.15, 0.2) is 5.38 Å². The minimum absolute atomic E-state index is 0.364. The number of fused-ring (bicyclic) bond motifs is 1. The molecule has 0 saturated heterocycles. The molecule has 0 bridgehead atoms. The Morgan fingerprint density at radius 1 is 1.27 bits per heavy atom. The lowest BCUT2D eigenvalue weighted by atomic mass is 10.2. The third-order valence-electron chi connectivity index (χ3n) is 2.10. The SMILES string of the molecule is O=C(O)C(Cl)c1ccc2ccccc2n1. The van der Waals surface area contributed by atoms with Gasteiger partial charge in [0.2, 0.25) is 0 Å². The van der Waals surface area contributed by atoms with E-state index in [1.165, 1.54) is 0 Å². The summed E-state index contributed by atoms with van der Waals surface area (Å²) in [6, 6.07) is 10.9. The number of pyridine rings is 1. The molecule has 15 heavy (non-hydrogen) atoms. The second kappa shape index (κ2) is 3.87. The highest BCUT2D eigenvalue weighted by Crippen LogP contribution is 2.21. The number of halogens is 1. The van der Waals surface area contributed by atoms with E-state index in [1.807, 2.05) is 30.3 Å². The largest absolute Gasteiger partial charge is 0.480 e. The highest BCUT2D eigenvalue weighted by Gasteiger charge is 2.17. The summed E-state index contributed by atoms with van der Waals surface area (Å²) in [5, 5.41) is 8.62. The van der Waals surface area contributed by atoms with E-state index in [-0.39, 0.29) is 0 Å². The molecule has 1 aromatic carbocycles. The molecule has 1 atom stereocenters. The predicted octanol–water partition coefficient (Wildman–Crippen LogP) is 2.60. The van der Waals surface area contributed by atoms with Crippen LogP contribution >= 0.6 is 11.6 Å². The van der Waals surface area contributed by atoms with E-state index in [9.17, 15) is 4.79 Å². The Bertz CT molecular complexity index is 513. The van der Waals surface area contributed by atoms with Crippen LogP contribution in [0.1, 0.15) is 11.1 Å². The lowest BCUT2D eigenvalue weighted by molar-refractivity contribution is -0.136. The van der Waals surface area contributed by atoms with Crippen molar-refractivity contribution in [2.24, 2.45) is 0 Å². The van der Waals surface area contributed by atoms with Crippen LogP contribution in [0.2, 0.25) is 0 Å². The summed E-state index contributed by atoms with van der Waals surface area (Å²) in [6.07, 6.45) is 0. The van der Waals surface area contributed by atoms with Crippen LogP contribution in [0.4, 0.5) is 0 Å². The van der Waals surface area contributed by atoms with E-state index < -0.39 is 11.3 Å². The summed E-state index contributed by atoms with van der Waals surface area (Å²) in [7, 11) is 0. The fraction of sp³-hybridized carbons (Fsp3) is 0.0909. The zero-order valence-corrected chi connectivity index (χ0v) is 8.48. The van der Waals surface area contributed by atoms with E-state index in [0.29, 0.717) is 5.69 Å². The molecule has 0 radical (unpaired) electrons. The van der Waals surface area contributed by atoms with Gasteiger partial charge in [0.1, 0.15) is 0 Å². The van der Waals surface area contributed by atoms with Crippen molar-refractivity contribution in [1.29, 1.82) is 0 Å². The van der Waals surface area contributed by atoms with Gasteiger partial charge in [-0.05, 0) is 12.1 Å². The predicted molar refractivity (Wildman–Crippen MR) is 58.0 cm³/mol. The fourth-order valence-corrected chi connectivity index (χ4v) is 1.47. The lowest BCUT2D eigenvalue weighted by Crippen LogP contribution is -2.06. The standard InChI is InChI=1S/C11H8ClNO2/c12-10(11(14)15)9-6-5-7-3-1-2-4-8(7)13-9/h1-6,10H,(H,14,15). The molecular weight excluding hydrogens is 214 g/mol. The Morgan fingerprint density at radius 2 is 2.00 bits per heavy atom. The Kier molecular flexibility index (Phi) is 2.56. The van der Waals surface area contributed by atoms with Crippen molar-refractivity contribution in [3.63, 3.8) is 0 Å². The van der Waals surface area contributed by atoms with Gasteiger partial charge in [-0.3, -0.25) is 9.78 Å². The molecule has 0 aliphatic rings. The van der Waals surface area contributed by atoms with Crippen molar-refractivity contribution in [3.8, 4) is 0 Å². The maximum atomic E-state index is 10.7. The normalized spacial score (nSPS) is 12.6. The second-order valence-electron chi connectivity index (χ2n) is 3.13. The number of carbonyl (C=O) groups is 1. The van der Waals surface area contributed by atoms with E-state index in [4.69, 9.17) is 16.7 Å². The number of carboxylic acids is 1. The number of alkyl halides is 1.